The lowest BCUT2D eigenvalue weighted by atomic mass is 10.0. The van der Waals surface area contributed by atoms with E-state index in [1.165, 1.54) is 19.3 Å². The molecule has 2 fully saturated rings. The molecule has 1 nitrogen and oxygen atoms in total. The van der Waals surface area contributed by atoms with Gasteiger partial charge in [-0.25, -0.2) is 0 Å². The van der Waals surface area contributed by atoms with Crippen LogP contribution in [0.25, 0.3) is 0 Å². The molecule has 1 aromatic carbocycles. The highest BCUT2D eigenvalue weighted by atomic mass is 79.9. The first-order valence-corrected chi connectivity index (χ1v) is 6.82. The second-order valence-electron chi connectivity index (χ2n) is 5.05. The molecule has 2 aliphatic rings. The lowest BCUT2D eigenvalue weighted by Crippen LogP contribution is -2.08. The fourth-order valence-corrected chi connectivity index (χ4v) is 3.48. The maximum atomic E-state index is 12.1. The van der Waals surface area contributed by atoms with Crippen molar-refractivity contribution in [3.63, 3.8) is 0 Å². The van der Waals surface area contributed by atoms with E-state index in [0.717, 1.165) is 21.9 Å². The van der Waals surface area contributed by atoms with Crippen LogP contribution in [0.3, 0.4) is 0 Å². The molecule has 2 saturated carbocycles. The summed E-state index contributed by atoms with van der Waals surface area (Å²) in [5.74, 6) is 2.39. The molecule has 0 bridgehead atoms. The van der Waals surface area contributed by atoms with Gasteiger partial charge in [-0.15, -0.1) is 0 Å². The van der Waals surface area contributed by atoms with Gasteiger partial charge in [0.15, 0.2) is 0 Å². The standard InChI is InChI=1S/C14H15BrO/c15-10-6-4-9(5-7-10)8-13(16)14-11-2-1-3-12(11)14/h4-7,11-12,14H,1-3,8H2. The molecular weight excluding hydrogens is 264 g/mol. The fraction of sp³-hybridized carbons (Fsp3) is 0.500. The summed E-state index contributed by atoms with van der Waals surface area (Å²) in [6.45, 7) is 0. The molecule has 2 heteroatoms. The molecule has 0 amide bonds. The number of hydrogen-bond donors (Lipinski definition) is 0. The zero-order valence-electron chi connectivity index (χ0n) is 9.16. The summed E-state index contributed by atoms with van der Waals surface area (Å²) in [5.41, 5.74) is 1.15. The molecule has 0 spiro atoms. The minimum Gasteiger partial charge on any atom is -0.299 e. The predicted octanol–water partition coefficient (Wildman–Crippen LogP) is 3.61. The number of fused-ring (bicyclic) bond motifs is 1. The number of carbonyl (C=O) groups excluding carboxylic acids is 1. The Morgan fingerprint density at radius 1 is 1.19 bits per heavy atom. The van der Waals surface area contributed by atoms with E-state index in [0.29, 0.717) is 18.1 Å². The Labute approximate surface area is 104 Å². The Balaban J connectivity index is 1.63. The molecule has 0 heterocycles. The van der Waals surface area contributed by atoms with Crippen molar-refractivity contribution in [2.24, 2.45) is 17.8 Å². The third kappa shape index (κ3) is 1.84. The van der Waals surface area contributed by atoms with Crippen LogP contribution in [0.5, 0.6) is 0 Å². The molecular formula is C14H15BrO. The van der Waals surface area contributed by atoms with Crippen LogP contribution >= 0.6 is 15.9 Å². The van der Waals surface area contributed by atoms with Gasteiger partial charge in [0.05, 0.1) is 0 Å². The molecule has 0 N–H and O–H groups in total. The molecule has 0 saturated heterocycles. The van der Waals surface area contributed by atoms with Crippen molar-refractivity contribution in [3.05, 3.63) is 34.3 Å². The summed E-state index contributed by atoms with van der Waals surface area (Å²) in [6, 6.07) is 8.10. The summed E-state index contributed by atoms with van der Waals surface area (Å²) in [5, 5.41) is 0. The first kappa shape index (κ1) is 10.5. The van der Waals surface area contributed by atoms with Crippen LogP contribution in [0.15, 0.2) is 28.7 Å². The van der Waals surface area contributed by atoms with E-state index in [1.807, 2.05) is 24.3 Å². The molecule has 2 unspecified atom stereocenters. The Hall–Kier alpha value is -0.630. The van der Waals surface area contributed by atoms with Gasteiger partial charge >= 0.3 is 0 Å². The van der Waals surface area contributed by atoms with Crippen molar-refractivity contribution in [1.29, 1.82) is 0 Å². The summed E-state index contributed by atoms with van der Waals surface area (Å²) < 4.78 is 1.08. The second-order valence-corrected chi connectivity index (χ2v) is 5.97. The van der Waals surface area contributed by atoms with E-state index in [-0.39, 0.29) is 0 Å². The van der Waals surface area contributed by atoms with Crippen molar-refractivity contribution >= 4 is 21.7 Å². The van der Waals surface area contributed by atoms with Gasteiger partial charge in [0.25, 0.3) is 0 Å². The maximum absolute atomic E-state index is 12.1. The largest absolute Gasteiger partial charge is 0.299 e. The van der Waals surface area contributed by atoms with Gasteiger partial charge in [-0.05, 0) is 42.4 Å². The molecule has 0 aliphatic heterocycles. The lowest BCUT2D eigenvalue weighted by molar-refractivity contribution is -0.120. The monoisotopic (exact) mass is 278 g/mol. The van der Waals surface area contributed by atoms with E-state index in [1.54, 1.807) is 0 Å². The minimum absolute atomic E-state index is 0.414. The number of halogens is 1. The van der Waals surface area contributed by atoms with Gasteiger partial charge in [0, 0.05) is 16.8 Å². The molecule has 2 atom stereocenters. The molecule has 0 radical (unpaired) electrons. The fourth-order valence-electron chi connectivity index (χ4n) is 3.22. The predicted molar refractivity (Wildman–Crippen MR) is 67.2 cm³/mol. The first-order chi connectivity index (χ1) is 7.75. The molecule has 3 rings (SSSR count). The van der Waals surface area contributed by atoms with Crippen LogP contribution in [0.1, 0.15) is 24.8 Å². The quantitative estimate of drug-likeness (QED) is 0.826. The van der Waals surface area contributed by atoms with Gasteiger partial charge in [0.2, 0.25) is 0 Å². The van der Waals surface area contributed by atoms with Crippen molar-refractivity contribution in [3.8, 4) is 0 Å². The molecule has 2 aliphatic carbocycles. The smallest absolute Gasteiger partial charge is 0.140 e. The first-order valence-electron chi connectivity index (χ1n) is 6.03. The topological polar surface area (TPSA) is 17.1 Å². The lowest BCUT2D eigenvalue weighted by Gasteiger charge is -2.03. The average Bonchev–Trinajstić information content (AvgIpc) is 2.76. The Morgan fingerprint density at radius 3 is 2.44 bits per heavy atom. The van der Waals surface area contributed by atoms with Gasteiger partial charge in [-0.3, -0.25) is 4.79 Å². The van der Waals surface area contributed by atoms with Gasteiger partial charge in [0.1, 0.15) is 5.78 Å². The van der Waals surface area contributed by atoms with E-state index in [4.69, 9.17) is 0 Å². The molecule has 1 aromatic rings. The highest BCUT2D eigenvalue weighted by molar-refractivity contribution is 9.10. The van der Waals surface area contributed by atoms with Crippen LogP contribution in [0.2, 0.25) is 0 Å². The van der Waals surface area contributed by atoms with Crippen molar-refractivity contribution < 1.29 is 4.79 Å². The minimum atomic E-state index is 0.414. The average molecular weight is 279 g/mol. The summed E-state index contributed by atoms with van der Waals surface area (Å²) in [6.07, 6.45) is 4.56. The highest BCUT2D eigenvalue weighted by Gasteiger charge is 2.55. The Morgan fingerprint density at radius 2 is 1.81 bits per heavy atom. The van der Waals surface area contributed by atoms with Crippen LogP contribution in [-0.4, -0.2) is 5.78 Å². The van der Waals surface area contributed by atoms with Crippen LogP contribution in [-0.2, 0) is 11.2 Å². The number of rotatable bonds is 3. The van der Waals surface area contributed by atoms with Crippen LogP contribution in [0.4, 0.5) is 0 Å². The van der Waals surface area contributed by atoms with E-state index in [2.05, 4.69) is 15.9 Å². The van der Waals surface area contributed by atoms with Crippen molar-refractivity contribution in [2.75, 3.05) is 0 Å². The zero-order chi connectivity index (χ0) is 11.1. The summed E-state index contributed by atoms with van der Waals surface area (Å²) in [4.78, 5) is 12.1. The number of Topliss-reactive ketones (excluding diaryl/α,β-unsaturated/α-hetero) is 1. The Bertz CT molecular complexity index is 399. The number of carbonyl (C=O) groups is 1. The van der Waals surface area contributed by atoms with Crippen molar-refractivity contribution in [2.45, 2.75) is 25.7 Å². The number of ketones is 1. The van der Waals surface area contributed by atoms with Gasteiger partial charge in [-0.1, -0.05) is 34.5 Å². The van der Waals surface area contributed by atoms with Crippen LogP contribution in [0, 0.1) is 17.8 Å². The molecule has 0 aromatic heterocycles. The normalized spacial score (nSPS) is 31.2. The number of hydrogen-bond acceptors (Lipinski definition) is 1. The summed E-state index contributed by atoms with van der Waals surface area (Å²) >= 11 is 3.41. The van der Waals surface area contributed by atoms with Gasteiger partial charge in [-0.2, -0.15) is 0 Å². The summed E-state index contributed by atoms with van der Waals surface area (Å²) in [7, 11) is 0. The second kappa shape index (κ2) is 3.99. The van der Waals surface area contributed by atoms with E-state index < -0.39 is 0 Å². The number of benzene rings is 1. The Kier molecular flexibility index (Phi) is 2.62. The molecule has 84 valence electrons. The third-order valence-corrected chi connectivity index (χ3v) is 4.60. The van der Waals surface area contributed by atoms with E-state index in [9.17, 15) is 4.79 Å². The van der Waals surface area contributed by atoms with Crippen molar-refractivity contribution in [1.82, 2.24) is 0 Å². The maximum Gasteiger partial charge on any atom is 0.140 e. The zero-order valence-corrected chi connectivity index (χ0v) is 10.7. The van der Waals surface area contributed by atoms with Crippen LogP contribution < -0.4 is 0 Å². The van der Waals surface area contributed by atoms with E-state index >= 15 is 0 Å². The highest BCUT2D eigenvalue weighted by Crippen LogP contribution is 2.58. The third-order valence-electron chi connectivity index (χ3n) is 4.07. The van der Waals surface area contributed by atoms with Gasteiger partial charge < -0.3 is 0 Å². The molecule has 16 heavy (non-hydrogen) atoms. The SMILES string of the molecule is O=C(Cc1ccc(Br)cc1)C1C2CCCC21.